The second-order valence-electron chi connectivity index (χ2n) is 7.22. The number of ether oxygens (including phenoxy) is 1. The second kappa shape index (κ2) is 11.6. The van der Waals surface area contributed by atoms with Crippen LogP contribution in [0.25, 0.3) is 0 Å². The number of hydrogen-bond acceptors (Lipinski definition) is 6. The number of urea groups is 1. The summed E-state index contributed by atoms with van der Waals surface area (Å²) in [6, 6.07) is 8.32. The van der Waals surface area contributed by atoms with Gasteiger partial charge in [-0.15, -0.1) is 0 Å². The van der Waals surface area contributed by atoms with Gasteiger partial charge in [-0.25, -0.2) is 14.8 Å². The first-order valence-corrected chi connectivity index (χ1v) is 10.6. The zero-order valence-electron chi connectivity index (χ0n) is 17.8. The Labute approximate surface area is 187 Å². The Morgan fingerprint density at radius 2 is 1.81 bits per heavy atom. The molecule has 2 amide bonds. The van der Waals surface area contributed by atoms with Gasteiger partial charge in [-0.3, -0.25) is 20.5 Å². The molecule has 0 atom stereocenters. The highest BCUT2D eigenvalue weighted by Crippen LogP contribution is 2.13. The molecule has 1 aromatic carbocycles. The van der Waals surface area contributed by atoms with Crippen molar-refractivity contribution in [2.24, 2.45) is 4.99 Å². The lowest BCUT2D eigenvalue weighted by Crippen LogP contribution is -2.40. The van der Waals surface area contributed by atoms with Gasteiger partial charge < -0.3 is 10.1 Å². The van der Waals surface area contributed by atoms with Crippen LogP contribution >= 0.6 is 11.6 Å². The minimum atomic E-state index is -0.425. The number of anilines is 2. The van der Waals surface area contributed by atoms with Gasteiger partial charge in [0, 0.05) is 48.3 Å². The highest BCUT2D eigenvalue weighted by molar-refractivity contribution is 6.30. The van der Waals surface area contributed by atoms with Crippen molar-refractivity contribution in [2.45, 2.75) is 20.3 Å². The van der Waals surface area contributed by atoms with E-state index in [9.17, 15) is 4.79 Å². The number of aliphatic imine (C=N–C) groups is 1. The number of hydrogen-bond donors (Lipinski definition) is 3. The average Bonchev–Trinajstić information content (AvgIpc) is 2.73. The molecule has 0 radical (unpaired) electrons. The third-order valence-corrected chi connectivity index (χ3v) is 4.80. The van der Waals surface area contributed by atoms with Crippen LogP contribution in [0, 0.1) is 13.8 Å². The van der Waals surface area contributed by atoms with Crippen LogP contribution in [-0.4, -0.2) is 66.3 Å². The lowest BCUT2D eigenvalue weighted by Gasteiger charge is -2.26. The Morgan fingerprint density at radius 3 is 2.48 bits per heavy atom. The number of morpholine rings is 1. The van der Waals surface area contributed by atoms with Gasteiger partial charge in [0.25, 0.3) is 0 Å². The predicted octanol–water partition coefficient (Wildman–Crippen LogP) is 3.06. The van der Waals surface area contributed by atoms with Crippen molar-refractivity contribution in [1.29, 1.82) is 0 Å². The normalized spacial score (nSPS) is 14.9. The van der Waals surface area contributed by atoms with Crippen LogP contribution < -0.4 is 16.0 Å². The summed E-state index contributed by atoms with van der Waals surface area (Å²) >= 11 is 5.89. The number of carbonyl (C=O) groups is 1. The summed E-state index contributed by atoms with van der Waals surface area (Å²) in [6.07, 6.45) is 0.860. The highest BCUT2D eigenvalue weighted by Gasteiger charge is 2.11. The molecule has 0 bridgehead atoms. The number of amides is 2. The number of nitrogens with one attached hydrogen (secondary N) is 3. The van der Waals surface area contributed by atoms with Gasteiger partial charge in [-0.1, -0.05) is 11.6 Å². The number of guanidine groups is 1. The molecule has 2 aromatic rings. The number of halogens is 1. The smallest absolute Gasteiger partial charge is 0.326 e. The summed E-state index contributed by atoms with van der Waals surface area (Å²) in [5.41, 5.74) is 2.27. The average molecular weight is 446 g/mol. The maximum absolute atomic E-state index is 12.5. The summed E-state index contributed by atoms with van der Waals surface area (Å²) in [5, 5.41) is 9.13. The Morgan fingerprint density at radius 1 is 1.13 bits per heavy atom. The van der Waals surface area contributed by atoms with Crippen molar-refractivity contribution in [3.8, 4) is 0 Å². The van der Waals surface area contributed by atoms with E-state index in [0.717, 1.165) is 50.7 Å². The van der Waals surface area contributed by atoms with E-state index >= 15 is 0 Å². The maximum atomic E-state index is 12.5. The Hall–Kier alpha value is -2.75. The van der Waals surface area contributed by atoms with Gasteiger partial charge in [0.2, 0.25) is 11.9 Å². The lowest BCUT2D eigenvalue weighted by atomic mass is 10.3. The fraction of sp³-hybridized carbons (Fsp3) is 0.429. The lowest BCUT2D eigenvalue weighted by molar-refractivity contribution is 0.0377. The Bertz CT molecular complexity index is 879. The number of aromatic nitrogens is 2. The summed E-state index contributed by atoms with van der Waals surface area (Å²) in [7, 11) is 0. The topological polar surface area (TPSA) is 104 Å². The minimum Gasteiger partial charge on any atom is -0.379 e. The molecule has 1 aliphatic rings. The first kappa shape index (κ1) is 22.9. The second-order valence-corrected chi connectivity index (χ2v) is 7.66. The van der Waals surface area contributed by atoms with E-state index in [-0.39, 0.29) is 0 Å². The van der Waals surface area contributed by atoms with E-state index in [4.69, 9.17) is 16.3 Å². The Balaban J connectivity index is 1.61. The molecule has 1 saturated heterocycles. The fourth-order valence-electron chi connectivity index (χ4n) is 3.11. The van der Waals surface area contributed by atoms with Crippen molar-refractivity contribution < 1.29 is 9.53 Å². The van der Waals surface area contributed by atoms with Crippen LogP contribution in [0.3, 0.4) is 0 Å². The maximum Gasteiger partial charge on any atom is 0.326 e. The number of aryl methyl sites for hydroxylation is 2. The zero-order valence-corrected chi connectivity index (χ0v) is 18.6. The fourth-order valence-corrected chi connectivity index (χ4v) is 3.24. The summed E-state index contributed by atoms with van der Waals surface area (Å²) in [6.45, 7) is 8.67. The van der Waals surface area contributed by atoms with Gasteiger partial charge in [0.15, 0.2) is 0 Å². The molecule has 1 aromatic heterocycles. The van der Waals surface area contributed by atoms with Crippen LogP contribution in [0.2, 0.25) is 5.02 Å². The third-order valence-electron chi connectivity index (χ3n) is 4.55. The van der Waals surface area contributed by atoms with Crippen molar-refractivity contribution in [3.05, 3.63) is 46.7 Å². The molecule has 0 spiro atoms. The molecule has 3 N–H and O–H groups in total. The molecule has 3 rings (SSSR count). The summed E-state index contributed by atoms with van der Waals surface area (Å²) < 4.78 is 5.37. The molecule has 9 nitrogen and oxygen atoms in total. The molecule has 1 aliphatic heterocycles. The molecule has 166 valence electrons. The first-order chi connectivity index (χ1) is 15.0. The van der Waals surface area contributed by atoms with Gasteiger partial charge >= 0.3 is 6.03 Å². The van der Waals surface area contributed by atoms with Crippen LogP contribution in [-0.2, 0) is 4.74 Å². The third kappa shape index (κ3) is 8.12. The number of benzene rings is 1. The minimum absolute atomic E-state index is 0.290. The summed E-state index contributed by atoms with van der Waals surface area (Å²) in [4.78, 5) is 28.1. The van der Waals surface area contributed by atoms with Crippen LogP contribution in [0.5, 0.6) is 0 Å². The molecule has 1 fully saturated rings. The highest BCUT2D eigenvalue weighted by atomic mass is 35.5. The first-order valence-electron chi connectivity index (χ1n) is 10.3. The zero-order chi connectivity index (χ0) is 22.1. The molecule has 0 saturated carbocycles. The van der Waals surface area contributed by atoms with E-state index in [1.807, 2.05) is 19.9 Å². The molecular weight excluding hydrogens is 418 g/mol. The van der Waals surface area contributed by atoms with Crippen molar-refractivity contribution in [2.75, 3.05) is 50.0 Å². The van der Waals surface area contributed by atoms with Crippen molar-refractivity contribution in [3.63, 3.8) is 0 Å². The molecule has 0 aliphatic carbocycles. The quantitative estimate of drug-likeness (QED) is 0.358. The van der Waals surface area contributed by atoms with E-state index in [2.05, 4.69) is 35.8 Å². The molecular formula is C21H28ClN7O2. The van der Waals surface area contributed by atoms with E-state index < -0.39 is 6.03 Å². The van der Waals surface area contributed by atoms with Gasteiger partial charge in [-0.05, 0) is 50.6 Å². The molecule has 2 heterocycles. The summed E-state index contributed by atoms with van der Waals surface area (Å²) in [5.74, 6) is 0.676. The SMILES string of the molecule is Cc1cc(C)nc(NC(=NCCCN2CCOCC2)NC(=O)Nc2ccc(Cl)cc2)n1. The molecule has 31 heavy (non-hydrogen) atoms. The van der Waals surface area contributed by atoms with Crippen molar-refractivity contribution >= 4 is 35.2 Å². The monoisotopic (exact) mass is 445 g/mol. The predicted molar refractivity (Wildman–Crippen MR) is 123 cm³/mol. The van der Waals surface area contributed by atoms with E-state index in [0.29, 0.717) is 29.2 Å². The Kier molecular flexibility index (Phi) is 8.57. The van der Waals surface area contributed by atoms with Crippen LogP contribution in [0.1, 0.15) is 17.8 Å². The van der Waals surface area contributed by atoms with Crippen molar-refractivity contribution in [1.82, 2.24) is 20.2 Å². The largest absolute Gasteiger partial charge is 0.379 e. The van der Waals surface area contributed by atoms with Gasteiger partial charge in [0.05, 0.1) is 13.2 Å². The van der Waals surface area contributed by atoms with Crippen LogP contribution in [0.15, 0.2) is 35.3 Å². The number of carbonyl (C=O) groups excluding carboxylic acids is 1. The molecule has 10 heteroatoms. The van der Waals surface area contributed by atoms with E-state index in [1.165, 1.54) is 0 Å². The van der Waals surface area contributed by atoms with Crippen LogP contribution in [0.4, 0.5) is 16.4 Å². The van der Waals surface area contributed by atoms with E-state index in [1.54, 1.807) is 24.3 Å². The number of rotatable bonds is 6. The molecule has 0 unspecified atom stereocenters. The standard InChI is InChI=1S/C21H28ClN7O2/c1-15-14-16(2)25-20(24-15)27-19(23-8-3-9-29-10-12-31-13-11-29)28-21(30)26-18-6-4-17(22)5-7-18/h4-7,14H,3,8-13H2,1-2H3,(H3,23,24,25,26,27,28,30). The van der Waals surface area contributed by atoms with Gasteiger partial charge in [-0.2, -0.15) is 0 Å². The van der Waals surface area contributed by atoms with Gasteiger partial charge in [0.1, 0.15) is 0 Å². The number of nitrogens with zero attached hydrogens (tertiary/aromatic N) is 4.